The number of carboxylic acids is 1. The van der Waals surface area contributed by atoms with Gasteiger partial charge in [-0.2, -0.15) is 0 Å². The minimum atomic E-state index is -0.934. The van der Waals surface area contributed by atoms with Crippen LogP contribution in [0, 0.1) is 5.92 Å². The molecule has 1 aliphatic heterocycles. The number of hydrogen-bond acceptors (Lipinski definition) is 5. The lowest BCUT2D eigenvalue weighted by Crippen LogP contribution is -2.48. The molecule has 2 N–H and O–H groups in total. The topological polar surface area (TPSA) is 105 Å². The molecule has 8 heteroatoms. The van der Waals surface area contributed by atoms with Crippen LogP contribution in [-0.2, 0) is 19.1 Å². The van der Waals surface area contributed by atoms with Gasteiger partial charge in [0.1, 0.15) is 6.61 Å². The van der Waals surface area contributed by atoms with Gasteiger partial charge in [-0.25, -0.2) is 4.79 Å². The smallest absolute Gasteiger partial charge is 0.407 e. The Balaban J connectivity index is 1.18. The SMILES string of the molecule is CC(CCCNC(=O)OCC1c2ccccc2-c2ccccc21)C(=O)N1CCOC(CC(=O)O)C1. The first kappa shape index (κ1) is 24.7. The minimum absolute atomic E-state index is 0.00942. The quantitative estimate of drug-likeness (QED) is 0.531. The van der Waals surface area contributed by atoms with Crippen molar-refractivity contribution in [3.05, 3.63) is 59.7 Å². The number of alkyl carbamates (subject to hydrolysis) is 1. The molecule has 2 amide bonds. The van der Waals surface area contributed by atoms with Crippen molar-refractivity contribution in [2.45, 2.75) is 38.2 Å². The predicted octanol–water partition coefficient (Wildman–Crippen LogP) is 3.64. The molecule has 0 radical (unpaired) electrons. The standard InChI is InChI=1S/C27H32N2O6/c1-18(26(32)29-13-14-34-19(16-29)15-25(30)31)7-6-12-28-27(33)35-17-24-22-10-4-2-8-20(22)21-9-3-5-11-23(21)24/h2-5,8-11,18-19,24H,6-7,12-17H2,1H3,(H,28,33)(H,30,31). The van der Waals surface area contributed by atoms with Crippen LogP contribution in [0.1, 0.15) is 43.2 Å². The molecule has 1 fully saturated rings. The van der Waals surface area contributed by atoms with Crippen molar-refractivity contribution in [2.24, 2.45) is 5.92 Å². The van der Waals surface area contributed by atoms with E-state index < -0.39 is 18.2 Å². The number of carbonyl (C=O) groups excluding carboxylic acids is 2. The van der Waals surface area contributed by atoms with E-state index in [-0.39, 0.29) is 30.8 Å². The summed E-state index contributed by atoms with van der Waals surface area (Å²) in [6, 6.07) is 16.4. The van der Waals surface area contributed by atoms with Crippen molar-refractivity contribution in [1.82, 2.24) is 10.2 Å². The monoisotopic (exact) mass is 480 g/mol. The molecule has 0 spiro atoms. The highest BCUT2D eigenvalue weighted by atomic mass is 16.5. The van der Waals surface area contributed by atoms with Gasteiger partial charge in [0.05, 0.1) is 19.1 Å². The Bertz CT molecular complexity index is 1030. The maximum absolute atomic E-state index is 12.7. The first-order valence-electron chi connectivity index (χ1n) is 12.1. The average molecular weight is 481 g/mol. The van der Waals surface area contributed by atoms with Gasteiger partial charge in [0.2, 0.25) is 5.91 Å². The normalized spacial score (nSPS) is 17.9. The predicted molar refractivity (Wildman–Crippen MR) is 130 cm³/mol. The molecule has 1 saturated heterocycles. The second-order valence-corrected chi connectivity index (χ2v) is 9.17. The Hall–Kier alpha value is -3.39. The number of aliphatic carboxylic acids is 1. The lowest BCUT2D eigenvalue weighted by molar-refractivity contribution is -0.149. The Kier molecular flexibility index (Phi) is 8.02. The van der Waals surface area contributed by atoms with Crippen LogP contribution in [-0.4, -0.2) is 66.9 Å². The molecular formula is C27H32N2O6. The molecular weight excluding hydrogens is 448 g/mol. The summed E-state index contributed by atoms with van der Waals surface area (Å²) in [6.45, 7) is 3.66. The first-order valence-corrected chi connectivity index (χ1v) is 12.1. The van der Waals surface area contributed by atoms with Crippen molar-refractivity contribution in [1.29, 1.82) is 0 Å². The summed E-state index contributed by atoms with van der Waals surface area (Å²) in [5.41, 5.74) is 4.71. The lowest BCUT2D eigenvalue weighted by atomic mass is 9.98. The number of benzene rings is 2. The van der Waals surface area contributed by atoms with Gasteiger partial charge in [0, 0.05) is 31.5 Å². The molecule has 2 unspecified atom stereocenters. The molecule has 4 rings (SSSR count). The van der Waals surface area contributed by atoms with Crippen molar-refractivity contribution >= 4 is 18.0 Å². The number of nitrogens with zero attached hydrogens (tertiary/aromatic N) is 1. The average Bonchev–Trinajstić information content (AvgIpc) is 3.18. The summed E-state index contributed by atoms with van der Waals surface area (Å²) in [6.07, 6.45) is 0.217. The second kappa shape index (κ2) is 11.4. The van der Waals surface area contributed by atoms with E-state index in [1.807, 2.05) is 31.2 Å². The van der Waals surface area contributed by atoms with Gasteiger partial charge in [0.25, 0.3) is 0 Å². The number of carbonyl (C=O) groups is 3. The molecule has 186 valence electrons. The summed E-state index contributed by atoms with van der Waals surface area (Å²) in [4.78, 5) is 37.6. The Morgan fingerprint density at radius 2 is 1.77 bits per heavy atom. The van der Waals surface area contributed by atoms with Crippen LogP contribution in [0.15, 0.2) is 48.5 Å². The second-order valence-electron chi connectivity index (χ2n) is 9.17. The van der Waals surface area contributed by atoms with Crippen LogP contribution < -0.4 is 5.32 Å². The van der Waals surface area contributed by atoms with Gasteiger partial charge in [-0.15, -0.1) is 0 Å². The van der Waals surface area contributed by atoms with E-state index in [1.54, 1.807) is 4.90 Å². The summed E-state index contributed by atoms with van der Waals surface area (Å²) < 4.78 is 11.0. The molecule has 0 saturated carbocycles. The van der Waals surface area contributed by atoms with Crippen LogP contribution in [0.25, 0.3) is 11.1 Å². The van der Waals surface area contributed by atoms with Gasteiger partial charge in [0.15, 0.2) is 0 Å². The van der Waals surface area contributed by atoms with Crippen LogP contribution in [0.4, 0.5) is 4.79 Å². The third-order valence-electron chi connectivity index (χ3n) is 6.70. The van der Waals surface area contributed by atoms with Gasteiger partial charge >= 0.3 is 12.1 Å². The molecule has 2 aromatic carbocycles. The van der Waals surface area contributed by atoms with E-state index in [0.29, 0.717) is 39.1 Å². The van der Waals surface area contributed by atoms with Gasteiger partial charge in [-0.3, -0.25) is 9.59 Å². The highest BCUT2D eigenvalue weighted by Crippen LogP contribution is 2.44. The maximum Gasteiger partial charge on any atom is 0.407 e. The Labute approximate surface area is 205 Å². The number of ether oxygens (including phenoxy) is 2. The number of fused-ring (bicyclic) bond motifs is 3. The molecule has 2 aliphatic rings. The zero-order valence-electron chi connectivity index (χ0n) is 19.9. The van der Waals surface area contributed by atoms with Crippen molar-refractivity contribution < 1.29 is 29.0 Å². The number of rotatable bonds is 9. The fourth-order valence-electron chi connectivity index (χ4n) is 4.92. The van der Waals surface area contributed by atoms with E-state index in [4.69, 9.17) is 14.6 Å². The summed E-state index contributed by atoms with van der Waals surface area (Å²) in [7, 11) is 0. The fraction of sp³-hybridized carbons (Fsp3) is 0.444. The van der Waals surface area contributed by atoms with Gasteiger partial charge < -0.3 is 24.8 Å². The summed E-state index contributed by atoms with van der Waals surface area (Å²) in [5.74, 6) is -1.14. The zero-order chi connectivity index (χ0) is 24.8. The lowest BCUT2D eigenvalue weighted by Gasteiger charge is -2.34. The molecule has 2 atom stereocenters. The first-order chi connectivity index (χ1) is 16.9. The highest BCUT2D eigenvalue weighted by molar-refractivity contribution is 5.79. The Morgan fingerprint density at radius 3 is 2.43 bits per heavy atom. The Morgan fingerprint density at radius 1 is 1.11 bits per heavy atom. The molecule has 0 bridgehead atoms. The van der Waals surface area contributed by atoms with Crippen molar-refractivity contribution in [2.75, 3.05) is 32.8 Å². The maximum atomic E-state index is 12.7. The van der Waals surface area contributed by atoms with E-state index in [2.05, 4.69) is 29.6 Å². The highest BCUT2D eigenvalue weighted by Gasteiger charge is 2.30. The largest absolute Gasteiger partial charge is 0.481 e. The molecule has 0 aromatic heterocycles. The zero-order valence-corrected chi connectivity index (χ0v) is 19.9. The van der Waals surface area contributed by atoms with Gasteiger partial charge in [-0.05, 0) is 35.1 Å². The van der Waals surface area contributed by atoms with Crippen LogP contribution >= 0.6 is 0 Å². The molecule has 1 heterocycles. The van der Waals surface area contributed by atoms with E-state index in [1.165, 1.54) is 22.3 Å². The number of nitrogens with one attached hydrogen (secondary N) is 1. The fourth-order valence-corrected chi connectivity index (χ4v) is 4.92. The molecule has 35 heavy (non-hydrogen) atoms. The van der Waals surface area contributed by atoms with E-state index >= 15 is 0 Å². The van der Waals surface area contributed by atoms with E-state index in [0.717, 1.165) is 0 Å². The van der Waals surface area contributed by atoms with Crippen LogP contribution in [0.3, 0.4) is 0 Å². The van der Waals surface area contributed by atoms with Crippen molar-refractivity contribution in [3.63, 3.8) is 0 Å². The van der Waals surface area contributed by atoms with Gasteiger partial charge in [-0.1, -0.05) is 55.5 Å². The summed E-state index contributed by atoms with van der Waals surface area (Å²) in [5, 5.41) is 11.7. The van der Waals surface area contributed by atoms with Crippen LogP contribution in [0.5, 0.6) is 0 Å². The van der Waals surface area contributed by atoms with Crippen LogP contribution in [0.2, 0.25) is 0 Å². The molecule has 1 aliphatic carbocycles. The number of carboxylic acid groups (broad SMARTS) is 1. The number of morpholine rings is 1. The van der Waals surface area contributed by atoms with E-state index in [9.17, 15) is 14.4 Å². The molecule has 8 nitrogen and oxygen atoms in total. The minimum Gasteiger partial charge on any atom is -0.481 e. The molecule has 2 aromatic rings. The number of hydrogen-bond donors (Lipinski definition) is 2. The third kappa shape index (κ3) is 6.00. The third-order valence-corrected chi connectivity index (χ3v) is 6.70. The van der Waals surface area contributed by atoms with Crippen molar-refractivity contribution in [3.8, 4) is 11.1 Å². The summed E-state index contributed by atoms with van der Waals surface area (Å²) >= 11 is 0. The number of amides is 2.